The average molecular weight is 422 g/mol. The van der Waals surface area contributed by atoms with Gasteiger partial charge in [-0.05, 0) is 42.8 Å². The van der Waals surface area contributed by atoms with Crippen molar-refractivity contribution < 1.29 is 4.79 Å². The summed E-state index contributed by atoms with van der Waals surface area (Å²) in [6.07, 6.45) is 4.39. The summed E-state index contributed by atoms with van der Waals surface area (Å²) in [5.74, 6) is 0.0833. The summed E-state index contributed by atoms with van der Waals surface area (Å²) in [5.41, 5.74) is 10.1. The fraction of sp³-hybridized carbons (Fsp3) is 0.261. The standard InChI is InChI=1S/C23H24ClN5O/c1-2-3-4-7-14-29-21(25)19(23(30)26-16-12-10-15(24)11-13-16)20-22(29)28-18-9-6-5-8-17(18)27-20/h5-6,8-13H,2-4,7,14,25H2,1H3,(H,26,30). The molecular weight excluding hydrogens is 398 g/mol. The minimum absolute atomic E-state index is 0.309. The van der Waals surface area contributed by atoms with E-state index in [1.165, 1.54) is 0 Å². The highest BCUT2D eigenvalue weighted by Crippen LogP contribution is 2.29. The van der Waals surface area contributed by atoms with Crippen molar-refractivity contribution in [3.05, 3.63) is 59.1 Å². The van der Waals surface area contributed by atoms with E-state index in [-0.39, 0.29) is 5.91 Å². The van der Waals surface area contributed by atoms with Gasteiger partial charge in [0.2, 0.25) is 0 Å². The number of unbranched alkanes of at least 4 members (excludes halogenated alkanes) is 3. The summed E-state index contributed by atoms with van der Waals surface area (Å²) < 4.78 is 1.92. The van der Waals surface area contributed by atoms with Crippen LogP contribution < -0.4 is 11.1 Å². The Labute approximate surface area is 180 Å². The van der Waals surface area contributed by atoms with E-state index in [2.05, 4.69) is 12.2 Å². The van der Waals surface area contributed by atoms with Crippen LogP contribution in [0.25, 0.3) is 22.2 Å². The topological polar surface area (TPSA) is 85.8 Å². The van der Waals surface area contributed by atoms with Crippen molar-refractivity contribution in [3.63, 3.8) is 0 Å². The molecule has 0 spiro atoms. The molecule has 0 aliphatic carbocycles. The van der Waals surface area contributed by atoms with Gasteiger partial charge in [0, 0.05) is 17.3 Å². The number of nitrogens with two attached hydrogens (primary N) is 1. The first-order valence-electron chi connectivity index (χ1n) is 10.2. The molecule has 0 aliphatic rings. The number of benzene rings is 2. The highest BCUT2D eigenvalue weighted by atomic mass is 35.5. The van der Waals surface area contributed by atoms with E-state index in [0.29, 0.717) is 39.8 Å². The second kappa shape index (κ2) is 8.71. The number of carbonyl (C=O) groups excluding carboxylic acids is 1. The molecule has 6 nitrogen and oxygen atoms in total. The molecule has 1 amide bonds. The van der Waals surface area contributed by atoms with Crippen molar-refractivity contribution in [2.75, 3.05) is 11.1 Å². The van der Waals surface area contributed by atoms with Crippen molar-refractivity contribution in [2.24, 2.45) is 0 Å². The van der Waals surface area contributed by atoms with Gasteiger partial charge in [-0.25, -0.2) is 9.97 Å². The average Bonchev–Trinajstić information content (AvgIpc) is 3.01. The monoisotopic (exact) mass is 421 g/mol. The van der Waals surface area contributed by atoms with E-state index in [9.17, 15) is 4.79 Å². The Hall–Kier alpha value is -3.12. The molecule has 0 aliphatic heterocycles. The molecule has 3 N–H and O–H groups in total. The number of carbonyl (C=O) groups is 1. The minimum Gasteiger partial charge on any atom is -0.384 e. The molecular formula is C23H24ClN5O. The Balaban J connectivity index is 1.78. The lowest BCUT2D eigenvalue weighted by Crippen LogP contribution is -2.14. The zero-order valence-corrected chi connectivity index (χ0v) is 17.6. The number of nitrogens with zero attached hydrogens (tertiary/aromatic N) is 3. The number of halogens is 1. The maximum Gasteiger partial charge on any atom is 0.261 e. The molecule has 4 rings (SSSR count). The highest BCUT2D eigenvalue weighted by Gasteiger charge is 2.24. The van der Waals surface area contributed by atoms with Crippen LogP contribution in [0.2, 0.25) is 5.02 Å². The summed E-state index contributed by atoms with van der Waals surface area (Å²) in [5, 5.41) is 3.50. The maximum absolute atomic E-state index is 13.2. The summed E-state index contributed by atoms with van der Waals surface area (Å²) in [7, 11) is 0. The third-order valence-electron chi connectivity index (χ3n) is 5.16. The fourth-order valence-electron chi connectivity index (χ4n) is 3.59. The van der Waals surface area contributed by atoms with E-state index >= 15 is 0 Å². The largest absolute Gasteiger partial charge is 0.384 e. The van der Waals surface area contributed by atoms with Gasteiger partial charge in [-0.2, -0.15) is 0 Å². The Morgan fingerprint density at radius 2 is 1.73 bits per heavy atom. The summed E-state index contributed by atoms with van der Waals surface area (Å²) in [6, 6.07) is 14.6. The predicted octanol–water partition coefficient (Wildman–Crippen LogP) is 5.65. The van der Waals surface area contributed by atoms with Crippen molar-refractivity contribution >= 4 is 51.2 Å². The van der Waals surface area contributed by atoms with Crippen LogP contribution in [0.3, 0.4) is 0 Å². The van der Waals surface area contributed by atoms with Crippen LogP contribution in [-0.2, 0) is 6.54 Å². The molecule has 0 atom stereocenters. The van der Waals surface area contributed by atoms with Crippen LogP contribution >= 0.6 is 11.6 Å². The number of amides is 1. The molecule has 7 heteroatoms. The minimum atomic E-state index is -0.309. The molecule has 2 aromatic carbocycles. The molecule has 30 heavy (non-hydrogen) atoms. The van der Waals surface area contributed by atoms with Gasteiger partial charge in [0.1, 0.15) is 16.9 Å². The number of nitrogens with one attached hydrogen (secondary N) is 1. The van der Waals surface area contributed by atoms with Crippen molar-refractivity contribution in [3.8, 4) is 0 Å². The Morgan fingerprint density at radius 1 is 1.03 bits per heavy atom. The Morgan fingerprint density at radius 3 is 2.43 bits per heavy atom. The number of para-hydroxylation sites is 2. The van der Waals surface area contributed by atoms with Gasteiger partial charge in [-0.15, -0.1) is 0 Å². The molecule has 154 valence electrons. The number of aromatic nitrogens is 3. The molecule has 0 fully saturated rings. The lowest BCUT2D eigenvalue weighted by atomic mass is 10.2. The maximum atomic E-state index is 13.2. The summed E-state index contributed by atoms with van der Waals surface area (Å²) in [6.45, 7) is 2.87. The highest BCUT2D eigenvalue weighted by molar-refractivity contribution is 6.30. The van der Waals surface area contributed by atoms with Gasteiger partial charge in [-0.1, -0.05) is 49.9 Å². The molecule has 0 saturated heterocycles. The predicted molar refractivity (Wildman–Crippen MR) is 123 cm³/mol. The quantitative estimate of drug-likeness (QED) is 0.377. The number of nitrogen functional groups attached to an aromatic ring is 1. The van der Waals surface area contributed by atoms with Gasteiger partial charge < -0.3 is 15.6 Å². The number of anilines is 2. The molecule has 4 aromatic rings. The zero-order valence-electron chi connectivity index (χ0n) is 16.9. The molecule has 2 aromatic heterocycles. The molecule has 0 unspecified atom stereocenters. The first-order chi connectivity index (χ1) is 14.6. The molecule has 0 radical (unpaired) electrons. The Kier molecular flexibility index (Phi) is 5.86. The lowest BCUT2D eigenvalue weighted by Gasteiger charge is -2.08. The number of hydrogen-bond donors (Lipinski definition) is 2. The Bertz CT molecular complexity index is 1200. The van der Waals surface area contributed by atoms with E-state index in [1.54, 1.807) is 24.3 Å². The van der Waals surface area contributed by atoms with Gasteiger partial charge >= 0.3 is 0 Å². The van der Waals surface area contributed by atoms with Gasteiger partial charge in [0.15, 0.2) is 5.65 Å². The van der Waals surface area contributed by atoms with E-state index in [1.807, 2.05) is 28.8 Å². The first-order valence-corrected chi connectivity index (χ1v) is 10.6. The third kappa shape index (κ3) is 3.96. The number of hydrogen-bond acceptors (Lipinski definition) is 4. The smallest absolute Gasteiger partial charge is 0.261 e. The number of rotatable bonds is 7. The van der Waals surface area contributed by atoms with Crippen molar-refractivity contribution in [1.29, 1.82) is 0 Å². The van der Waals surface area contributed by atoms with Crippen LogP contribution in [0.5, 0.6) is 0 Å². The first kappa shape index (κ1) is 20.2. The zero-order chi connectivity index (χ0) is 21.1. The van der Waals surface area contributed by atoms with Crippen molar-refractivity contribution in [2.45, 2.75) is 39.2 Å². The van der Waals surface area contributed by atoms with E-state index in [4.69, 9.17) is 27.3 Å². The third-order valence-corrected chi connectivity index (χ3v) is 5.41. The SMILES string of the molecule is CCCCCCn1c(N)c(C(=O)Nc2ccc(Cl)cc2)c2nc3ccccc3nc21. The van der Waals surface area contributed by atoms with Crippen LogP contribution in [0.15, 0.2) is 48.5 Å². The van der Waals surface area contributed by atoms with Crippen molar-refractivity contribution in [1.82, 2.24) is 14.5 Å². The van der Waals surface area contributed by atoms with Gasteiger partial charge in [0.05, 0.1) is 11.0 Å². The van der Waals surface area contributed by atoms with E-state index < -0.39 is 0 Å². The normalized spacial score (nSPS) is 11.3. The number of aryl methyl sites for hydroxylation is 1. The second-order valence-corrected chi connectivity index (χ2v) is 7.75. The molecule has 0 saturated carbocycles. The summed E-state index contributed by atoms with van der Waals surface area (Å²) >= 11 is 5.94. The fourth-order valence-corrected chi connectivity index (χ4v) is 3.72. The van der Waals surface area contributed by atoms with Crippen LogP contribution in [0, 0.1) is 0 Å². The van der Waals surface area contributed by atoms with Gasteiger partial charge in [0.25, 0.3) is 5.91 Å². The number of fused-ring (bicyclic) bond motifs is 2. The molecule has 0 bridgehead atoms. The lowest BCUT2D eigenvalue weighted by molar-refractivity contribution is 0.102. The van der Waals surface area contributed by atoms with Crippen LogP contribution in [0.4, 0.5) is 11.5 Å². The van der Waals surface area contributed by atoms with Crippen LogP contribution in [0.1, 0.15) is 43.0 Å². The second-order valence-electron chi connectivity index (χ2n) is 7.32. The van der Waals surface area contributed by atoms with Gasteiger partial charge in [-0.3, -0.25) is 4.79 Å². The molecule has 2 heterocycles. The summed E-state index contributed by atoms with van der Waals surface area (Å²) in [4.78, 5) is 22.7. The van der Waals surface area contributed by atoms with Crippen LogP contribution in [-0.4, -0.2) is 20.4 Å². The van der Waals surface area contributed by atoms with E-state index in [0.717, 1.165) is 36.7 Å².